The number of nitrogens with zero attached hydrogens (tertiary/aromatic N) is 3. The number of piperidine rings is 1. The normalized spacial score (nSPS) is 16.6. The third-order valence-corrected chi connectivity index (χ3v) is 7.62. The zero-order chi connectivity index (χ0) is 26.8. The molecule has 1 aromatic heterocycles. The van der Waals surface area contributed by atoms with Crippen molar-refractivity contribution in [3.8, 4) is 5.75 Å². The number of aromatic nitrogens is 1. The highest BCUT2D eigenvalue weighted by Crippen LogP contribution is 2.32. The van der Waals surface area contributed by atoms with E-state index in [-0.39, 0.29) is 17.3 Å². The Labute approximate surface area is 220 Å². The van der Waals surface area contributed by atoms with Crippen LogP contribution in [0.15, 0.2) is 42.6 Å². The molecule has 5 rings (SSSR count). The predicted molar refractivity (Wildman–Crippen MR) is 140 cm³/mol. The largest absolute Gasteiger partial charge is 0.496 e. The first kappa shape index (κ1) is 25.9. The molecular formula is C29H32FN3O5. The lowest BCUT2D eigenvalue weighted by Crippen LogP contribution is -2.44. The summed E-state index contributed by atoms with van der Waals surface area (Å²) in [6.07, 6.45) is 4.18. The van der Waals surface area contributed by atoms with E-state index in [1.54, 1.807) is 29.9 Å². The van der Waals surface area contributed by atoms with Gasteiger partial charge in [0.1, 0.15) is 11.6 Å². The van der Waals surface area contributed by atoms with E-state index in [0.29, 0.717) is 67.5 Å². The molecule has 0 spiro atoms. The first-order chi connectivity index (χ1) is 18.4. The van der Waals surface area contributed by atoms with E-state index in [1.807, 2.05) is 17.0 Å². The van der Waals surface area contributed by atoms with E-state index in [0.717, 1.165) is 24.8 Å². The Bertz CT molecular complexity index is 1350. The van der Waals surface area contributed by atoms with E-state index in [9.17, 15) is 18.8 Å². The summed E-state index contributed by atoms with van der Waals surface area (Å²) in [7, 11) is 3.31. The molecule has 0 bridgehead atoms. The number of rotatable bonds is 6. The molecule has 0 atom stereocenters. The number of amides is 2. The fraction of sp³-hybridized carbons (Fsp3) is 0.414. The molecule has 3 heterocycles. The molecule has 2 saturated heterocycles. The Kier molecular flexibility index (Phi) is 7.46. The Morgan fingerprint density at radius 2 is 1.66 bits per heavy atom. The summed E-state index contributed by atoms with van der Waals surface area (Å²) in [4.78, 5) is 43.1. The highest BCUT2D eigenvalue weighted by atomic mass is 19.1. The molecule has 8 nitrogen and oxygen atoms in total. The lowest BCUT2D eigenvalue weighted by atomic mass is 9.90. The fourth-order valence-corrected chi connectivity index (χ4v) is 5.42. The van der Waals surface area contributed by atoms with Gasteiger partial charge in [0.2, 0.25) is 0 Å². The molecule has 0 aliphatic carbocycles. The number of benzene rings is 2. The van der Waals surface area contributed by atoms with Gasteiger partial charge in [-0.1, -0.05) is 12.1 Å². The number of hydrogen-bond donors (Lipinski definition) is 0. The van der Waals surface area contributed by atoms with Crippen LogP contribution in [0.1, 0.15) is 39.1 Å². The third-order valence-electron chi connectivity index (χ3n) is 7.62. The number of carbonyl (C=O) groups excluding carboxylic acids is 3. The second kappa shape index (κ2) is 10.9. The molecule has 0 saturated carbocycles. The van der Waals surface area contributed by atoms with E-state index in [1.165, 1.54) is 24.1 Å². The van der Waals surface area contributed by atoms with Gasteiger partial charge in [0.15, 0.2) is 0 Å². The van der Waals surface area contributed by atoms with Gasteiger partial charge in [0, 0.05) is 50.9 Å². The molecule has 200 valence electrons. The Hall–Kier alpha value is -3.72. The molecule has 2 aromatic carbocycles. The zero-order valence-electron chi connectivity index (χ0n) is 21.7. The molecule has 3 aromatic rings. The second-order valence-electron chi connectivity index (χ2n) is 10.0. The molecule has 38 heavy (non-hydrogen) atoms. The third kappa shape index (κ3) is 5.15. The summed E-state index contributed by atoms with van der Waals surface area (Å²) in [5.41, 5.74) is 2.44. The SMILES string of the molecule is COc1cc2c(cc1C(=O)N1CCC(Cc3ccc(F)cc3)CC1)c(C(=O)C(=O)N1CCOCC1)cn2C. The van der Waals surface area contributed by atoms with Crippen molar-refractivity contribution in [2.24, 2.45) is 13.0 Å². The molecule has 2 amide bonds. The van der Waals surface area contributed by atoms with Crippen molar-refractivity contribution in [1.82, 2.24) is 14.4 Å². The average molecular weight is 522 g/mol. The Morgan fingerprint density at radius 3 is 2.32 bits per heavy atom. The first-order valence-corrected chi connectivity index (χ1v) is 13.0. The van der Waals surface area contributed by atoms with Gasteiger partial charge in [-0.3, -0.25) is 14.4 Å². The summed E-state index contributed by atoms with van der Waals surface area (Å²) in [5, 5.41) is 0.550. The molecule has 9 heteroatoms. The lowest BCUT2D eigenvalue weighted by molar-refractivity contribution is -0.130. The average Bonchev–Trinajstić information content (AvgIpc) is 3.28. The van der Waals surface area contributed by atoms with Crippen molar-refractivity contribution in [3.05, 3.63) is 65.1 Å². The number of morpholine rings is 1. The summed E-state index contributed by atoms with van der Waals surface area (Å²) >= 11 is 0. The smallest absolute Gasteiger partial charge is 0.295 e. The van der Waals surface area contributed by atoms with Gasteiger partial charge < -0.3 is 23.8 Å². The monoisotopic (exact) mass is 521 g/mol. The molecule has 2 aliphatic rings. The number of Topliss-reactive ketones (excluding diaryl/α,β-unsaturated/α-hetero) is 1. The number of fused-ring (bicyclic) bond motifs is 1. The summed E-state index contributed by atoms with van der Waals surface area (Å²) in [5.74, 6) is -0.718. The van der Waals surface area contributed by atoms with Gasteiger partial charge in [-0.15, -0.1) is 0 Å². The van der Waals surface area contributed by atoms with Crippen molar-refractivity contribution in [1.29, 1.82) is 0 Å². The van der Waals surface area contributed by atoms with Crippen LogP contribution in [0, 0.1) is 11.7 Å². The van der Waals surface area contributed by atoms with Crippen LogP contribution in [0.3, 0.4) is 0 Å². The Morgan fingerprint density at radius 1 is 0.974 bits per heavy atom. The van der Waals surface area contributed by atoms with Crippen LogP contribution >= 0.6 is 0 Å². The zero-order valence-corrected chi connectivity index (χ0v) is 21.7. The molecule has 0 N–H and O–H groups in total. The van der Waals surface area contributed by atoms with Gasteiger partial charge in [-0.05, 0) is 48.9 Å². The van der Waals surface area contributed by atoms with Gasteiger partial charge >= 0.3 is 0 Å². The lowest BCUT2D eigenvalue weighted by Gasteiger charge is -2.32. The highest BCUT2D eigenvalue weighted by Gasteiger charge is 2.30. The number of aryl methyl sites for hydroxylation is 1. The van der Waals surface area contributed by atoms with E-state index < -0.39 is 11.7 Å². The number of halogens is 1. The maximum absolute atomic E-state index is 13.6. The molecular weight excluding hydrogens is 489 g/mol. The number of ketones is 1. The highest BCUT2D eigenvalue weighted by molar-refractivity contribution is 6.45. The minimum Gasteiger partial charge on any atom is -0.496 e. The van der Waals surface area contributed by atoms with E-state index in [4.69, 9.17) is 9.47 Å². The molecule has 2 aliphatic heterocycles. The van der Waals surface area contributed by atoms with Crippen LogP contribution in [-0.4, -0.2) is 78.5 Å². The molecule has 0 radical (unpaired) electrons. The Balaban J connectivity index is 1.35. The van der Waals surface area contributed by atoms with Crippen molar-refractivity contribution >= 4 is 28.5 Å². The van der Waals surface area contributed by atoms with Crippen LogP contribution in [0.5, 0.6) is 5.75 Å². The second-order valence-corrected chi connectivity index (χ2v) is 10.0. The van der Waals surface area contributed by atoms with Crippen molar-refractivity contribution in [2.45, 2.75) is 19.3 Å². The quantitative estimate of drug-likeness (QED) is 0.367. The summed E-state index contributed by atoms with van der Waals surface area (Å²) in [6, 6.07) is 10.0. The van der Waals surface area contributed by atoms with E-state index in [2.05, 4.69) is 0 Å². The number of methoxy groups -OCH3 is 1. The van der Waals surface area contributed by atoms with Crippen LogP contribution in [0.2, 0.25) is 0 Å². The van der Waals surface area contributed by atoms with Crippen molar-refractivity contribution < 1.29 is 28.2 Å². The summed E-state index contributed by atoms with van der Waals surface area (Å²) < 4.78 is 25.9. The minimum atomic E-state index is -0.595. The van der Waals surface area contributed by atoms with E-state index >= 15 is 0 Å². The fourth-order valence-electron chi connectivity index (χ4n) is 5.42. The maximum atomic E-state index is 13.6. The minimum absolute atomic E-state index is 0.161. The van der Waals surface area contributed by atoms with Crippen LogP contribution in [-0.2, 0) is 23.0 Å². The van der Waals surface area contributed by atoms with Gasteiger partial charge in [-0.25, -0.2) is 4.39 Å². The summed E-state index contributed by atoms with van der Waals surface area (Å²) in [6.45, 7) is 2.77. The van der Waals surface area contributed by atoms with Gasteiger partial charge in [-0.2, -0.15) is 0 Å². The van der Waals surface area contributed by atoms with Crippen molar-refractivity contribution in [3.63, 3.8) is 0 Å². The topological polar surface area (TPSA) is 81.1 Å². The van der Waals surface area contributed by atoms with Crippen LogP contribution < -0.4 is 4.74 Å². The van der Waals surface area contributed by atoms with Gasteiger partial charge in [0.25, 0.3) is 17.6 Å². The number of likely N-dealkylation sites (tertiary alicyclic amines) is 1. The number of hydrogen-bond acceptors (Lipinski definition) is 5. The standard InChI is InChI=1S/C29H32FN3O5/c1-31-18-24(27(34)29(36)33-11-13-38-14-12-33)22-16-23(26(37-2)17-25(22)31)28(35)32-9-7-20(8-10-32)15-19-3-5-21(30)6-4-19/h3-6,16-18,20H,7-15H2,1-2H3. The van der Waals surface area contributed by atoms with Crippen LogP contribution in [0.25, 0.3) is 10.9 Å². The number of ether oxygens (including phenoxy) is 2. The van der Waals surface area contributed by atoms with Crippen LogP contribution in [0.4, 0.5) is 4.39 Å². The molecule has 0 unspecified atom stereocenters. The maximum Gasteiger partial charge on any atom is 0.295 e. The molecule has 2 fully saturated rings. The number of carbonyl (C=O) groups is 3. The van der Waals surface area contributed by atoms with Gasteiger partial charge in [0.05, 0.1) is 37.0 Å². The predicted octanol–water partition coefficient (Wildman–Crippen LogP) is 3.46. The van der Waals surface area contributed by atoms with Crippen molar-refractivity contribution in [2.75, 3.05) is 46.5 Å². The first-order valence-electron chi connectivity index (χ1n) is 13.0.